The van der Waals surface area contributed by atoms with Gasteiger partial charge in [0, 0.05) is 12.8 Å². The second-order valence-electron chi connectivity index (χ2n) is 2.61. The van der Waals surface area contributed by atoms with Crippen molar-refractivity contribution in [1.82, 2.24) is 0 Å². The van der Waals surface area contributed by atoms with Crippen LogP contribution in [-0.4, -0.2) is 35.3 Å². The standard InChI is InChI=1S/C7H12N2O/c1-9-5-3-2-4-7(9)6-8-10/h6H,2-5H2,1H3/p+1. The van der Waals surface area contributed by atoms with Crippen molar-refractivity contribution in [2.75, 3.05) is 13.6 Å². The van der Waals surface area contributed by atoms with E-state index in [2.05, 4.69) is 9.73 Å². The van der Waals surface area contributed by atoms with Crippen LogP contribution in [0.25, 0.3) is 0 Å². The Morgan fingerprint density at radius 3 is 3.00 bits per heavy atom. The summed E-state index contributed by atoms with van der Waals surface area (Å²) in [6, 6.07) is 0. The number of rotatable bonds is 1. The van der Waals surface area contributed by atoms with Crippen molar-refractivity contribution in [3.05, 3.63) is 0 Å². The maximum Gasteiger partial charge on any atom is 0.197 e. The molecule has 1 N–H and O–H groups in total. The van der Waals surface area contributed by atoms with E-state index < -0.39 is 0 Å². The van der Waals surface area contributed by atoms with E-state index >= 15 is 0 Å². The van der Waals surface area contributed by atoms with Gasteiger partial charge in [-0.15, -0.1) is 0 Å². The molecule has 0 saturated heterocycles. The molecule has 0 unspecified atom stereocenters. The third-order valence-corrected chi connectivity index (χ3v) is 1.87. The Kier molecular flexibility index (Phi) is 2.42. The van der Waals surface area contributed by atoms with Crippen LogP contribution in [0.1, 0.15) is 19.3 Å². The fraction of sp³-hybridized carbons (Fsp3) is 0.714. The van der Waals surface area contributed by atoms with Gasteiger partial charge in [0.1, 0.15) is 19.8 Å². The van der Waals surface area contributed by atoms with Gasteiger partial charge < -0.3 is 5.21 Å². The molecule has 3 nitrogen and oxygen atoms in total. The first-order valence-corrected chi connectivity index (χ1v) is 3.59. The Bertz CT molecular complexity index is 172. The summed E-state index contributed by atoms with van der Waals surface area (Å²) in [5.74, 6) is 0. The van der Waals surface area contributed by atoms with Crippen LogP contribution in [0.2, 0.25) is 0 Å². The predicted molar refractivity (Wildman–Crippen MR) is 40.2 cm³/mol. The maximum absolute atomic E-state index is 8.26. The Balaban J connectivity index is 2.68. The predicted octanol–water partition coefficient (Wildman–Crippen LogP) is 0.714. The first-order valence-electron chi connectivity index (χ1n) is 3.59. The summed E-state index contributed by atoms with van der Waals surface area (Å²) >= 11 is 0. The van der Waals surface area contributed by atoms with Gasteiger partial charge in [-0.2, -0.15) is 0 Å². The number of hydrogen-bond acceptors (Lipinski definition) is 2. The summed E-state index contributed by atoms with van der Waals surface area (Å²) < 4.78 is 2.13. The van der Waals surface area contributed by atoms with Crippen LogP contribution in [0, 0.1) is 0 Å². The molecule has 0 spiro atoms. The third kappa shape index (κ3) is 1.56. The molecular weight excluding hydrogens is 128 g/mol. The van der Waals surface area contributed by atoms with Crippen molar-refractivity contribution in [1.29, 1.82) is 0 Å². The molecule has 1 rings (SSSR count). The summed E-state index contributed by atoms with van der Waals surface area (Å²) in [4.78, 5) is 0. The zero-order valence-corrected chi connectivity index (χ0v) is 6.25. The molecule has 0 amide bonds. The van der Waals surface area contributed by atoms with Crippen molar-refractivity contribution in [2.45, 2.75) is 19.3 Å². The average molecular weight is 141 g/mol. The van der Waals surface area contributed by atoms with E-state index in [9.17, 15) is 0 Å². The van der Waals surface area contributed by atoms with Gasteiger partial charge in [0.2, 0.25) is 0 Å². The molecule has 0 saturated carbocycles. The lowest BCUT2D eigenvalue weighted by molar-refractivity contribution is -0.500. The Labute approximate surface area is 60.7 Å². The largest absolute Gasteiger partial charge is 0.411 e. The zero-order chi connectivity index (χ0) is 7.40. The topological polar surface area (TPSA) is 35.6 Å². The van der Waals surface area contributed by atoms with Crippen molar-refractivity contribution in [3.63, 3.8) is 0 Å². The molecule has 0 aromatic heterocycles. The third-order valence-electron chi connectivity index (χ3n) is 1.87. The van der Waals surface area contributed by atoms with Crippen molar-refractivity contribution in [3.8, 4) is 0 Å². The monoisotopic (exact) mass is 141 g/mol. The second-order valence-corrected chi connectivity index (χ2v) is 2.61. The molecule has 10 heavy (non-hydrogen) atoms. The van der Waals surface area contributed by atoms with Gasteiger partial charge in [-0.05, 0) is 6.42 Å². The Hall–Kier alpha value is -0.860. The molecule has 1 aliphatic rings. The number of oxime groups is 1. The molecule has 3 heteroatoms. The Morgan fingerprint density at radius 1 is 1.60 bits per heavy atom. The van der Waals surface area contributed by atoms with Crippen LogP contribution in [0.15, 0.2) is 5.16 Å². The van der Waals surface area contributed by atoms with Crippen LogP contribution >= 0.6 is 0 Å². The van der Waals surface area contributed by atoms with E-state index in [0.717, 1.165) is 18.7 Å². The molecule has 0 atom stereocenters. The van der Waals surface area contributed by atoms with Gasteiger partial charge in [-0.3, -0.25) is 0 Å². The van der Waals surface area contributed by atoms with Gasteiger partial charge in [-0.25, -0.2) is 4.58 Å². The highest BCUT2D eigenvalue weighted by Gasteiger charge is 2.13. The maximum atomic E-state index is 8.26. The fourth-order valence-electron chi connectivity index (χ4n) is 1.22. The van der Waals surface area contributed by atoms with E-state index in [1.54, 1.807) is 0 Å². The van der Waals surface area contributed by atoms with Crippen LogP contribution in [0.3, 0.4) is 0 Å². The highest BCUT2D eigenvalue weighted by Crippen LogP contribution is 2.02. The quantitative estimate of drug-likeness (QED) is 0.248. The molecule has 1 aliphatic heterocycles. The first kappa shape index (κ1) is 7.25. The van der Waals surface area contributed by atoms with E-state index in [1.807, 2.05) is 7.05 Å². The summed E-state index contributed by atoms with van der Waals surface area (Å²) in [6.07, 6.45) is 5.03. The fourth-order valence-corrected chi connectivity index (χ4v) is 1.22. The lowest BCUT2D eigenvalue weighted by atomic mass is 10.1. The normalized spacial score (nSPS) is 20.5. The lowest BCUT2D eigenvalue weighted by Crippen LogP contribution is -2.24. The van der Waals surface area contributed by atoms with Gasteiger partial charge in [0.25, 0.3) is 0 Å². The molecule has 1 heterocycles. The number of nitrogens with zero attached hydrogens (tertiary/aromatic N) is 2. The molecule has 0 aromatic carbocycles. The summed E-state index contributed by atoms with van der Waals surface area (Å²) in [6.45, 7) is 1.08. The molecule has 0 aliphatic carbocycles. The van der Waals surface area contributed by atoms with Crippen molar-refractivity contribution < 1.29 is 9.78 Å². The first-order chi connectivity index (χ1) is 4.84. The zero-order valence-electron chi connectivity index (χ0n) is 6.25. The van der Waals surface area contributed by atoms with E-state index in [-0.39, 0.29) is 0 Å². The minimum absolute atomic E-state index is 1.04. The Morgan fingerprint density at radius 2 is 2.40 bits per heavy atom. The molecular formula is C7H13N2O+. The minimum atomic E-state index is 1.04. The van der Waals surface area contributed by atoms with Crippen LogP contribution < -0.4 is 0 Å². The van der Waals surface area contributed by atoms with Crippen LogP contribution in [0.4, 0.5) is 0 Å². The summed E-state index contributed by atoms with van der Waals surface area (Å²) in [5.41, 5.74) is 1.13. The van der Waals surface area contributed by atoms with E-state index in [4.69, 9.17) is 5.21 Å². The average Bonchev–Trinajstić information content (AvgIpc) is 1.94. The molecule has 0 bridgehead atoms. The molecule has 0 aromatic rings. The van der Waals surface area contributed by atoms with Crippen LogP contribution in [-0.2, 0) is 0 Å². The molecule has 0 radical (unpaired) electrons. The summed E-state index contributed by atoms with van der Waals surface area (Å²) in [5, 5.41) is 11.3. The van der Waals surface area contributed by atoms with Gasteiger partial charge in [0.05, 0.1) is 0 Å². The number of hydrogen-bond donors (Lipinski definition) is 1. The summed E-state index contributed by atoms with van der Waals surface area (Å²) in [7, 11) is 2.02. The van der Waals surface area contributed by atoms with Crippen LogP contribution in [0.5, 0.6) is 0 Å². The second kappa shape index (κ2) is 3.34. The smallest absolute Gasteiger partial charge is 0.197 e. The SMILES string of the molecule is C[N+]1=C(/C=N/O)CCCC1. The van der Waals surface area contributed by atoms with E-state index in [1.165, 1.54) is 19.1 Å². The lowest BCUT2D eigenvalue weighted by Gasteiger charge is -2.07. The highest BCUT2D eigenvalue weighted by atomic mass is 16.4. The highest BCUT2D eigenvalue weighted by molar-refractivity contribution is 6.27. The molecule has 56 valence electrons. The van der Waals surface area contributed by atoms with Gasteiger partial charge in [-0.1, -0.05) is 5.16 Å². The van der Waals surface area contributed by atoms with Crippen molar-refractivity contribution >= 4 is 11.9 Å². The minimum Gasteiger partial charge on any atom is -0.411 e. The van der Waals surface area contributed by atoms with Gasteiger partial charge in [0.15, 0.2) is 5.71 Å². The van der Waals surface area contributed by atoms with Crippen molar-refractivity contribution in [2.24, 2.45) is 5.16 Å². The van der Waals surface area contributed by atoms with E-state index in [0.29, 0.717) is 0 Å². The molecule has 0 fully saturated rings. The van der Waals surface area contributed by atoms with Gasteiger partial charge >= 0.3 is 0 Å².